The van der Waals surface area contributed by atoms with Crippen molar-refractivity contribution in [1.82, 2.24) is 0 Å². The average molecular weight is 370 g/mol. The lowest BCUT2D eigenvalue weighted by Crippen LogP contribution is -2.28. The summed E-state index contributed by atoms with van der Waals surface area (Å²) in [6.07, 6.45) is -7.85. The summed E-state index contributed by atoms with van der Waals surface area (Å²) in [6.45, 7) is 7.26. The van der Waals surface area contributed by atoms with Gasteiger partial charge in [0.05, 0.1) is 0 Å². The molecule has 2 nitrogen and oxygen atoms in total. The summed E-state index contributed by atoms with van der Waals surface area (Å²) in [6, 6.07) is 4.93. The number of ether oxygens (including phenoxy) is 1. The van der Waals surface area contributed by atoms with Crippen LogP contribution in [0.4, 0.5) is 22.0 Å². The predicted octanol–water partition coefficient (Wildman–Crippen LogP) is 4.52. The molecule has 0 aromatic heterocycles. The number of rotatable bonds is 6. The Bertz CT molecular complexity index is 565. The predicted molar refractivity (Wildman–Crippen MR) is 84.7 cm³/mol. The maximum absolute atomic E-state index is 13.5. The van der Waals surface area contributed by atoms with Crippen molar-refractivity contribution in [3.63, 3.8) is 0 Å². The molecule has 1 rings (SSSR count). The molecular weight excluding hydrogens is 351 g/mol. The molecule has 0 spiro atoms. The molecule has 0 saturated heterocycles. The smallest absolute Gasteiger partial charge is 0.457 e. The van der Waals surface area contributed by atoms with Crippen LogP contribution in [0.1, 0.15) is 12.5 Å². The molecule has 0 heterocycles. The molecule has 9 heteroatoms. The van der Waals surface area contributed by atoms with Gasteiger partial charge < -0.3 is 8.85 Å². The molecule has 0 bridgehead atoms. The molecular formula is C14H19F5O2Si2. The first kappa shape index (κ1) is 19.8. The van der Waals surface area contributed by atoms with E-state index >= 15 is 0 Å². The summed E-state index contributed by atoms with van der Waals surface area (Å²) in [7, 11) is -3.32. The largest absolute Gasteiger partial charge is 0.573 e. The molecule has 0 N–H and O–H groups in total. The highest BCUT2D eigenvalue weighted by atomic mass is 28.4. The van der Waals surface area contributed by atoms with Crippen LogP contribution in [0.15, 0.2) is 29.5 Å². The minimum absolute atomic E-state index is 0.246. The first-order chi connectivity index (χ1) is 10.4. The summed E-state index contributed by atoms with van der Waals surface area (Å²) >= 11 is 0. The van der Waals surface area contributed by atoms with Crippen LogP contribution in [-0.4, -0.2) is 30.9 Å². The van der Waals surface area contributed by atoms with E-state index in [1.807, 2.05) is 19.6 Å². The fourth-order valence-electron chi connectivity index (χ4n) is 1.84. The number of alkyl halides is 5. The zero-order valence-corrected chi connectivity index (χ0v) is 15.7. The van der Waals surface area contributed by atoms with Gasteiger partial charge in [0.2, 0.25) is 0 Å². The monoisotopic (exact) mass is 370 g/mol. The molecule has 0 radical (unpaired) electrons. The van der Waals surface area contributed by atoms with E-state index < -0.39 is 42.2 Å². The molecule has 0 amide bonds. The van der Waals surface area contributed by atoms with Gasteiger partial charge in [0.1, 0.15) is 5.75 Å². The SMILES string of the molecule is CC([SiH2]O[Si](C)(C)C)=C(c1ccccc1OC(F)(F)F)C(F)F. The summed E-state index contributed by atoms with van der Waals surface area (Å²) in [5.41, 5.74) is -0.682. The molecule has 0 unspecified atom stereocenters. The molecule has 0 aliphatic rings. The van der Waals surface area contributed by atoms with Crippen LogP contribution in [0.2, 0.25) is 19.6 Å². The Labute approximate surface area is 135 Å². The van der Waals surface area contributed by atoms with E-state index in [-0.39, 0.29) is 5.56 Å². The van der Waals surface area contributed by atoms with Gasteiger partial charge in [-0.1, -0.05) is 23.4 Å². The maximum Gasteiger partial charge on any atom is 0.573 e. The number of benzene rings is 1. The normalized spacial score (nSPS) is 14.5. The maximum atomic E-state index is 13.5. The zero-order chi connectivity index (χ0) is 17.8. The van der Waals surface area contributed by atoms with E-state index in [1.165, 1.54) is 25.1 Å². The highest BCUT2D eigenvalue weighted by Gasteiger charge is 2.33. The quantitative estimate of drug-likeness (QED) is 0.542. The second-order valence-corrected chi connectivity index (χ2v) is 12.7. The second kappa shape index (κ2) is 7.58. The third kappa shape index (κ3) is 6.84. The van der Waals surface area contributed by atoms with Gasteiger partial charge in [0.25, 0.3) is 6.43 Å². The third-order valence-electron chi connectivity index (χ3n) is 2.80. The molecule has 0 saturated carbocycles. The van der Waals surface area contributed by atoms with Gasteiger partial charge in [-0.25, -0.2) is 8.78 Å². The fourth-order valence-corrected chi connectivity index (χ4v) is 4.94. The highest BCUT2D eigenvalue weighted by molar-refractivity contribution is 6.74. The number of allylic oxidation sites excluding steroid dienone is 2. The first-order valence-corrected chi connectivity index (χ1v) is 11.6. The average Bonchev–Trinajstić information content (AvgIpc) is 2.36. The van der Waals surface area contributed by atoms with E-state index in [9.17, 15) is 22.0 Å². The van der Waals surface area contributed by atoms with E-state index in [2.05, 4.69) is 4.74 Å². The van der Waals surface area contributed by atoms with Crippen molar-refractivity contribution < 1.29 is 30.8 Å². The Hall–Kier alpha value is -1.20. The van der Waals surface area contributed by atoms with Crippen molar-refractivity contribution >= 4 is 23.7 Å². The molecule has 0 fully saturated rings. The Morgan fingerprint density at radius 3 is 2.17 bits per heavy atom. The Balaban J connectivity index is 3.26. The van der Waals surface area contributed by atoms with Gasteiger partial charge in [-0.15, -0.1) is 13.2 Å². The summed E-state index contributed by atoms with van der Waals surface area (Å²) in [5, 5.41) is 0.320. The molecule has 1 aromatic carbocycles. The molecule has 23 heavy (non-hydrogen) atoms. The fraction of sp³-hybridized carbons (Fsp3) is 0.429. The van der Waals surface area contributed by atoms with Crippen molar-refractivity contribution in [2.45, 2.75) is 39.4 Å². The van der Waals surface area contributed by atoms with Crippen molar-refractivity contribution in [3.05, 3.63) is 35.0 Å². The van der Waals surface area contributed by atoms with Crippen LogP contribution in [0.5, 0.6) is 5.75 Å². The molecule has 0 atom stereocenters. The Kier molecular flexibility index (Phi) is 6.54. The van der Waals surface area contributed by atoms with Crippen molar-refractivity contribution in [3.8, 4) is 5.75 Å². The van der Waals surface area contributed by atoms with Crippen LogP contribution >= 0.6 is 0 Å². The lowest BCUT2D eigenvalue weighted by molar-refractivity contribution is -0.274. The number of para-hydroxylation sites is 1. The minimum atomic E-state index is -4.94. The molecule has 1 aromatic rings. The van der Waals surface area contributed by atoms with Crippen molar-refractivity contribution in [2.75, 3.05) is 0 Å². The van der Waals surface area contributed by atoms with Crippen LogP contribution in [-0.2, 0) is 4.12 Å². The van der Waals surface area contributed by atoms with E-state index in [4.69, 9.17) is 4.12 Å². The highest BCUT2D eigenvalue weighted by Crippen LogP contribution is 2.35. The third-order valence-corrected chi connectivity index (χ3v) is 7.66. The topological polar surface area (TPSA) is 18.5 Å². The summed E-state index contributed by atoms with van der Waals surface area (Å²) in [4.78, 5) is 0. The van der Waals surface area contributed by atoms with Crippen LogP contribution in [0, 0.1) is 0 Å². The number of hydrogen-bond acceptors (Lipinski definition) is 2. The van der Waals surface area contributed by atoms with Crippen molar-refractivity contribution in [1.29, 1.82) is 0 Å². The van der Waals surface area contributed by atoms with Gasteiger partial charge in [0.15, 0.2) is 18.1 Å². The Morgan fingerprint density at radius 1 is 1.13 bits per heavy atom. The van der Waals surface area contributed by atoms with Crippen LogP contribution in [0.25, 0.3) is 5.57 Å². The van der Waals surface area contributed by atoms with E-state index in [1.54, 1.807) is 0 Å². The van der Waals surface area contributed by atoms with Crippen LogP contribution < -0.4 is 4.74 Å². The van der Waals surface area contributed by atoms with Gasteiger partial charge in [-0.3, -0.25) is 0 Å². The van der Waals surface area contributed by atoms with Gasteiger partial charge in [0, 0.05) is 11.1 Å². The minimum Gasteiger partial charge on any atom is -0.457 e. The van der Waals surface area contributed by atoms with E-state index in [0.29, 0.717) is 5.20 Å². The lowest BCUT2D eigenvalue weighted by Gasteiger charge is -2.21. The lowest BCUT2D eigenvalue weighted by atomic mass is 10.0. The van der Waals surface area contributed by atoms with Gasteiger partial charge in [-0.05, 0) is 32.6 Å². The standard InChI is InChI=1S/C14H19F5O2Si2/c1-9(22-21-23(2,3)4)12(13(15)16)10-7-5-6-8-11(10)20-14(17,18)19/h5-8,13H,22H2,1-4H3. The van der Waals surface area contributed by atoms with Gasteiger partial charge >= 0.3 is 6.36 Å². The van der Waals surface area contributed by atoms with Crippen molar-refractivity contribution in [2.24, 2.45) is 0 Å². The molecule has 0 aliphatic carbocycles. The molecule has 0 aliphatic heterocycles. The Morgan fingerprint density at radius 2 is 1.70 bits per heavy atom. The van der Waals surface area contributed by atoms with Crippen LogP contribution in [0.3, 0.4) is 0 Å². The second-order valence-electron chi connectivity index (χ2n) is 5.94. The zero-order valence-electron chi connectivity index (χ0n) is 13.3. The van der Waals surface area contributed by atoms with E-state index in [0.717, 1.165) is 6.07 Å². The number of halogens is 5. The number of hydrogen-bond donors (Lipinski definition) is 0. The van der Waals surface area contributed by atoms with Gasteiger partial charge in [-0.2, -0.15) is 0 Å². The summed E-state index contributed by atoms with van der Waals surface area (Å²) < 4.78 is 73.9. The molecule has 130 valence electrons. The first-order valence-electron chi connectivity index (χ1n) is 6.87. The summed E-state index contributed by atoms with van der Waals surface area (Å²) in [5.74, 6) is -0.628.